The first-order valence-electron chi connectivity index (χ1n) is 7.92. The lowest BCUT2D eigenvalue weighted by Gasteiger charge is -2.31. The zero-order valence-corrected chi connectivity index (χ0v) is 12.9. The highest BCUT2D eigenvalue weighted by Gasteiger charge is 2.22. The molecule has 1 aromatic heterocycles. The molecule has 0 aliphatic carbocycles. The summed E-state index contributed by atoms with van der Waals surface area (Å²) in [5.41, 5.74) is 1.09. The molecular weight excluding hydrogens is 278 g/mol. The maximum atomic E-state index is 5.69. The van der Waals surface area contributed by atoms with E-state index in [1.807, 2.05) is 18.3 Å². The maximum Gasteiger partial charge on any atom is 0.162 e. The number of ether oxygens (including phenoxy) is 2. The third kappa shape index (κ3) is 2.46. The van der Waals surface area contributed by atoms with Crippen LogP contribution in [0.15, 0.2) is 30.6 Å². The average Bonchev–Trinajstić information content (AvgIpc) is 3.04. The van der Waals surface area contributed by atoms with E-state index in [0.29, 0.717) is 19.3 Å². The molecule has 3 heterocycles. The normalized spacial score (nSPS) is 21.8. The van der Waals surface area contributed by atoms with Crippen molar-refractivity contribution < 1.29 is 9.47 Å². The Labute approximate surface area is 130 Å². The van der Waals surface area contributed by atoms with Crippen LogP contribution in [0.25, 0.3) is 11.4 Å². The number of nitrogens with zero attached hydrogens (tertiary/aromatic N) is 3. The largest absolute Gasteiger partial charge is 0.486 e. The number of likely N-dealkylation sites (N-methyl/N-ethyl adjacent to an activating group) is 1. The summed E-state index contributed by atoms with van der Waals surface area (Å²) in [5, 5.41) is 0. The first-order chi connectivity index (χ1) is 10.8. The molecule has 22 heavy (non-hydrogen) atoms. The van der Waals surface area contributed by atoms with Crippen molar-refractivity contribution >= 4 is 0 Å². The lowest BCUT2D eigenvalue weighted by molar-refractivity contribution is 0.171. The van der Waals surface area contributed by atoms with Crippen molar-refractivity contribution in [1.82, 2.24) is 14.5 Å². The monoisotopic (exact) mass is 299 g/mol. The molecule has 1 aromatic carbocycles. The van der Waals surface area contributed by atoms with E-state index in [1.54, 1.807) is 0 Å². The molecule has 0 N–H and O–H groups in total. The number of aromatic nitrogens is 2. The Hall–Kier alpha value is -2.01. The highest BCUT2D eigenvalue weighted by molar-refractivity contribution is 5.62. The van der Waals surface area contributed by atoms with Crippen LogP contribution in [0.5, 0.6) is 11.5 Å². The number of imidazole rings is 1. The van der Waals surface area contributed by atoms with Crippen LogP contribution < -0.4 is 9.47 Å². The molecule has 0 spiro atoms. The number of likely N-dealkylation sites (tertiary alicyclic amines) is 1. The second kappa shape index (κ2) is 5.65. The zero-order chi connectivity index (χ0) is 14.9. The van der Waals surface area contributed by atoms with E-state index in [1.165, 1.54) is 19.4 Å². The second-order valence-corrected chi connectivity index (χ2v) is 6.07. The van der Waals surface area contributed by atoms with Gasteiger partial charge in [-0.1, -0.05) is 0 Å². The van der Waals surface area contributed by atoms with Crippen molar-refractivity contribution in [2.45, 2.75) is 18.9 Å². The van der Waals surface area contributed by atoms with Crippen molar-refractivity contribution in [2.24, 2.45) is 0 Å². The fraction of sp³-hybridized carbons (Fsp3) is 0.471. The summed E-state index contributed by atoms with van der Waals surface area (Å²) in [6.45, 7) is 3.49. The quantitative estimate of drug-likeness (QED) is 0.854. The number of fused-ring (bicyclic) bond motifs is 1. The van der Waals surface area contributed by atoms with Crippen LogP contribution >= 0.6 is 0 Å². The van der Waals surface area contributed by atoms with E-state index in [4.69, 9.17) is 9.47 Å². The van der Waals surface area contributed by atoms with Crippen LogP contribution in [0.4, 0.5) is 0 Å². The molecule has 0 bridgehead atoms. The lowest BCUT2D eigenvalue weighted by atomic mass is 10.1. The van der Waals surface area contributed by atoms with E-state index >= 15 is 0 Å². The van der Waals surface area contributed by atoms with Crippen molar-refractivity contribution in [1.29, 1.82) is 0 Å². The summed E-state index contributed by atoms with van der Waals surface area (Å²) >= 11 is 0. The van der Waals surface area contributed by atoms with Crippen LogP contribution in [-0.4, -0.2) is 47.8 Å². The standard InChI is InChI=1S/C17H21N3O2/c1-19-7-2-3-14(12-19)20-8-6-18-17(20)13-4-5-15-16(11-13)22-10-9-21-15/h4-6,8,11,14H,2-3,7,9-10,12H2,1H3. The van der Waals surface area contributed by atoms with Gasteiger partial charge in [-0.15, -0.1) is 0 Å². The third-order valence-electron chi connectivity index (χ3n) is 4.46. The van der Waals surface area contributed by atoms with Gasteiger partial charge >= 0.3 is 0 Å². The number of benzene rings is 1. The SMILES string of the molecule is CN1CCCC(n2ccnc2-c2ccc3c(c2)OCCO3)C1. The van der Waals surface area contributed by atoms with Gasteiger partial charge in [0.1, 0.15) is 19.0 Å². The molecule has 1 atom stereocenters. The van der Waals surface area contributed by atoms with Gasteiger partial charge < -0.3 is 18.9 Å². The minimum absolute atomic E-state index is 0.490. The maximum absolute atomic E-state index is 5.69. The van der Waals surface area contributed by atoms with Gasteiger partial charge in [-0.3, -0.25) is 0 Å². The highest BCUT2D eigenvalue weighted by Crippen LogP contribution is 2.35. The van der Waals surface area contributed by atoms with Gasteiger partial charge in [0, 0.05) is 30.5 Å². The van der Waals surface area contributed by atoms with Crippen molar-refractivity contribution in [2.75, 3.05) is 33.4 Å². The molecule has 2 aromatic rings. The number of hydrogen-bond acceptors (Lipinski definition) is 4. The Kier molecular flexibility index (Phi) is 3.50. The minimum Gasteiger partial charge on any atom is -0.486 e. The molecule has 5 heteroatoms. The predicted molar refractivity (Wildman–Crippen MR) is 84.4 cm³/mol. The lowest BCUT2D eigenvalue weighted by Crippen LogP contribution is -2.33. The molecule has 5 nitrogen and oxygen atoms in total. The van der Waals surface area contributed by atoms with Gasteiger partial charge in [-0.2, -0.15) is 0 Å². The van der Waals surface area contributed by atoms with E-state index in [0.717, 1.165) is 29.4 Å². The van der Waals surface area contributed by atoms with Gasteiger partial charge in [0.15, 0.2) is 11.5 Å². The Bertz CT molecular complexity index is 668. The van der Waals surface area contributed by atoms with Gasteiger partial charge in [-0.05, 0) is 44.6 Å². The highest BCUT2D eigenvalue weighted by atomic mass is 16.6. The fourth-order valence-corrected chi connectivity index (χ4v) is 3.38. The molecule has 0 radical (unpaired) electrons. The van der Waals surface area contributed by atoms with Gasteiger partial charge in [0.05, 0.1) is 0 Å². The van der Waals surface area contributed by atoms with Gasteiger partial charge in [0.2, 0.25) is 0 Å². The molecule has 2 aliphatic heterocycles. The molecular formula is C17H21N3O2. The Balaban J connectivity index is 1.67. The number of rotatable bonds is 2. The molecule has 1 saturated heterocycles. The van der Waals surface area contributed by atoms with Crippen LogP contribution in [0.2, 0.25) is 0 Å². The predicted octanol–water partition coefficient (Wildman–Crippen LogP) is 2.59. The van der Waals surface area contributed by atoms with E-state index in [-0.39, 0.29) is 0 Å². The van der Waals surface area contributed by atoms with Crippen molar-refractivity contribution in [3.8, 4) is 22.9 Å². The summed E-state index contributed by atoms with van der Waals surface area (Å²) in [4.78, 5) is 6.97. The summed E-state index contributed by atoms with van der Waals surface area (Å²) in [5.74, 6) is 2.65. The fourth-order valence-electron chi connectivity index (χ4n) is 3.38. The van der Waals surface area contributed by atoms with Crippen LogP contribution in [0.3, 0.4) is 0 Å². The smallest absolute Gasteiger partial charge is 0.162 e. The molecule has 2 aliphatic rings. The summed E-state index contributed by atoms with van der Waals surface area (Å²) < 4.78 is 13.6. The van der Waals surface area contributed by atoms with Crippen molar-refractivity contribution in [3.05, 3.63) is 30.6 Å². The summed E-state index contributed by atoms with van der Waals surface area (Å²) in [6, 6.07) is 6.58. The Morgan fingerprint density at radius 3 is 2.91 bits per heavy atom. The average molecular weight is 299 g/mol. The van der Waals surface area contributed by atoms with Crippen LogP contribution in [0, 0.1) is 0 Å². The van der Waals surface area contributed by atoms with Crippen LogP contribution in [-0.2, 0) is 0 Å². The topological polar surface area (TPSA) is 39.5 Å². The van der Waals surface area contributed by atoms with E-state index < -0.39 is 0 Å². The van der Waals surface area contributed by atoms with Gasteiger partial charge in [0.25, 0.3) is 0 Å². The number of hydrogen-bond donors (Lipinski definition) is 0. The van der Waals surface area contributed by atoms with Crippen LogP contribution in [0.1, 0.15) is 18.9 Å². The summed E-state index contributed by atoms with van der Waals surface area (Å²) in [6.07, 6.45) is 6.43. The first-order valence-corrected chi connectivity index (χ1v) is 7.92. The third-order valence-corrected chi connectivity index (χ3v) is 4.46. The molecule has 4 rings (SSSR count). The Morgan fingerprint density at radius 2 is 2.05 bits per heavy atom. The molecule has 0 amide bonds. The minimum atomic E-state index is 0.490. The van der Waals surface area contributed by atoms with E-state index in [9.17, 15) is 0 Å². The molecule has 1 fully saturated rings. The molecule has 116 valence electrons. The molecule has 1 unspecified atom stereocenters. The van der Waals surface area contributed by atoms with E-state index in [2.05, 4.69) is 33.8 Å². The zero-order valence-electron chi connectivity index (χ0n) is 12.9. The number of piperidine rings is 1. The summed E-state index contributed by atoms with van der Waals surface area (Å²) in [7, 11) is 2.19. The van der Waals surface area contributed by atoms with Crippen molar-refractivity contribution in [3.63, 3.8) is 0 Å². The Morgan fingerprint density at radius 1 is 1.18 bits per heavy atom. The first kappa shape index (κ1) is 13.6. The molecule has 0 saturated carbocycles. The van der Waals surface area contributed by atoms with Gasteiger partial charge in [-0.25, -0.2) is 4.98 Å². The second-order valence-electron chi connectivity index (χ2n) is 6.07.